The fourth-order valence-corrected chi connectivity index (χ4v) is 6.40. The van der Waals surface area contributed by atoms with Gasteiger partial charge in [-0.2, -0.15) is 0 Å². The van der Waals surface area contributed by atoms with Crippen LogP contribution in [0.25, 0.3) is 49.0 Å². The molecule has 6 aromatic carbocycles. The number of fused-ring (bicyclic) bond motifs is 5. The second-order valence-corrected chi connectivity index (χ2v) is 11.7. The monoisotopic (exact) mass is 675 g/mol. The summed E-state index contributed by atoms with van der Waals surface area (Å²) in [7, 11) is 0. The van der Waals surface area contributed by atoms with Crippen molar-refractivity contribution in [2.24, 2.45) is 0 Å². The summed E-state index contributed by atoms with van der Waals surface area (Å²) < 4.78 is 7.25. The summed E-state index contributed by atoms with van der Waals surface area (Å²) in [6, 6.07) is 31.9. The number of para-hydroxylation sites is 3. The molecule has 1 amide bonds. The van der Waals surface area contributed by atoms with Gasteiger partial charge < -0.3 is 19.9 Å². The summed E-state index contributed by atoms with van der Waals surface area (Å²) in [5, 5.41) is 36.8. The smallest absolute Gasteiger partial charge is 0.336 e. The minimum Gasteiger partial charge on any atom is -0.506 e. The number of carbonyl (C=O) groups excluding carboxylic acids is 1. The zero-order valence-electron chi connectivity index (χ0n) is 26.3. The Morgan fingerprint density at radius 3 is 2.20 bits per heavy atom. The molecule has 0 aliphatic heterocycles. The van der Waals surface area contributed by atoms with E-state index >= 15 is 0 Å². The van der Waals surface area contributed by atoms with E-state index in [-0.39, 0.29) is 46.0 Å². The number of aromatic hydroxyl groups is 2. The van der Waals surface area contributed by atoms with Crippen molar-refractivity contribution in [3.8, 4) is 11.5 Å². The van der Waals surface area contributed by atoms with Gasteiger partial charge in [-0.1, -0.05) is 76.9 Å². The van der Waals surface area contributed by atoms with Gasteiger partial charge in [0.25, 0.3) is 11.5 Å². The van der Waals surface area contributed by atoms with E-state index in [0.717, 1.165) is 0 Å². The van der Waals surface area contributed by atoms with E-state index in [0.29, 0.717) is 54.7 Å². The Labute approximate surface area is 286 Å². The summed E-state index contributed by atoms with van der Waals surface area (Å²) >= 11 is 0. The van der Waals surface area contributed by atoms with E-state index in [1.807, 2.05) is 42.5 Å². The van der Waals surface area contributed by atoms with Gasteiger partial charge in [-0.3, -0.25) is 35.7 Å². The molecule has 14 nitrogen and oxygen atoms in total. The van der Waals surface area contributed by atoms with Crippen LogP contribution in [0, 0.1) is 0 Å². The van der Waals surface area contributed by atoms with Crippen LogP contribution in [0.5, 0.6) is 11.5 Å². The average molecular weight is 676 g/mol. The fourth-order valence-electron chi connectivity index (χ4n) is 6.40. The van der Waals surface area contributed by atoms with Crippen LogP contribution in [-0.2, 0) is 0 Å². The third-order valence-corrected chi connectivity index (χ3v) is 8.69. The summed E-state index contributed by atoms with van der Waals surface area (Å²) in [5.41, 5.74) is 14.1. The molecule has 0 saturated heterocycles. The van der Waals surface area contributed by atoms with Crippen LogP contribution in [0.1, 0.15) is 10.4 Å². The maximum absolute atomic E-state index is 13.7. The van der Waals surface area contributed by atoms with Crippen molar-refractivity contribution in [3.63, 3.8) is 0 Å². The van der Waals surface area contributed by atoms with Crippen LogP contribution in [0.3, 0.4) is 0 Å². The molecule has 0 aliphatic carbocycles. The number of nitrogens with one attached hydrogen (secondary N) is 5. The molecule has 0 aliphatic rings. The summed E-state index contributed by atoms with van der Waals surface area (Å²) in [6.45, 7) is 0. The number of aromatic nitrogens is 4. The number of phenolic OH excluding ortho intramolecular Hbond substituents is 2. The highest BCUT2D eigenvalue weighted by Gasteiger charge is 2.21. The van der Waals surface area contributed by atoms with E-state index in [2.05, 4.69) is 37.2 Å². The predicted octanol–water partition coefficient (Wildman–Crippen LogP) is 6.67. The molecule has 0 bridgehead atoms. The van der Waals surface area contributed by atoms with Crippen molar-refractivity contribution >= 4 is 84.0 Å². The van der Waals surface area contributed by atoms with Gasteiger partial charge in [0.1, 0.15) is 22.8 Å². The van der Waals surface area contributed by atoms with Gasteiger partial charge in [-0.25, -0.2) is 4.98 Å². The van der Waals surface area contributed by atoms with Gasteiger partial charge in [0.15, 0.2) is 5.75 Å². The van der Waals surface area contributed by atoms with Gasteiger partial charge in [0.05, 0.1) is 16.6 Å². The molecule has 0 fully saturated rings. The number of rotatable bonds is 8. The summed E-state index contributed by atoms with van der Waals surface area (Å²) in [5.74, 6) is -0.887. The van der Waals surface area contributed by atoms with Gasteiger partial charge in [-0.15, -0.1) is 0 Å². The van der Waals surface area contributed by atoms with Gasteiger partial charge in [0.2, 0.25) is 0 Å². The highest BCUT2D eigenvalue weighted by atomic mass is 16.4. The number of anilines is 5. The standard InChI is InChI=1S/C37H25N9O5/c47-28-18-24-29-22(13-8-14-23(29)35(50)46-27-16-7-6-15-26(27)39-33(24)46)30(28)40-42-36-44-45-37(51-36)43-41-31-21-12-5-4-9-19(21)17-25(32(31)48)34(49)38-20-10-2-1-3-11-20/h1-18,40-41,47-48H,(H,38,49)(H,42,44)(H,43,45). The third-order valence-electron chi connectivity index (χ3n) is 8.69. The maximum atomic E-state index is 13.7. The van der Waals surface area contributed by atoms with Crippen molar-refractivity contribution in [1.29, 1.82) is 0 Å². The molecule has 0 unspecified atom stereocenters. The van der Waals surface area contributed by atoms with E-state index in [9.17, 15) is 19.8 Å². The highest BCUT2D eigenvalue weighted by molar-refractivity contribution is 6.20. The predicted molar refractivity (Wildman–Crippen MR) is 196 cm³/mol. The van der Waals surface area contributed by atoms with Crippen LogP contribution in [0.4, 0.5) is 29.1 Å². The average Bonchev–Trinajstić information content (AvgIpc) is 3.78. The van der Waals surface area contributed by atoms with Crippen LogP contribution in [0.15, 0.2) is 118 Å². The SMILES string of the molecule is O=C(Nc1ccccc1)c1cc2ccccc2c(NNc2nnc(NNc3c(O)cc4c5c3cccc5c(=O)n3c5ccccc5nc43)o2)c1O. The highest BCUT2D eigenvalue weighted by Crippen LogP contribution is 2.40. The molecular weight excluding hydrogens is 650 g/mol. The largest absolute Gasteiger partial charge is 0.506 e. The fraction of sp³-hybridized carbons (Fsp3) is 0. The van der Waals surface area contributed by atoms with Crippen molar-refractivity contribution in [1.82, 2.24) is 19.6 Å². The van der Waals surface area contributed by atoms with Gasteiger partial charge in [0, 0.05) is 32.6 Å². The van der Waals surface area contributed by atoms with Gasteiger partial charge >= 0.3 is 12.0 Å². The zero-order valence-corrected chi connectivity index (χ0v) is 26.3. The second kappa shape index (κ2) is 11.5. The van der Waals surface area contributed by atoms with E-state index in [1.165, 1.54) is 0 Å². The molecule has 51 heavy (non-hydrogen) atoms. The Balaban J connectivity index is 0.984. The Morgan fingerprint density at radius 1 is 0.686 bits per heavy atom. The topological polar surface area (TPSA) is 191 Å². The van der Waals surface area contributed by atoms with Crippen LogP contribution < -0.4 is 32.6 Å². The number of nitrogens with zero attached hydrogens (tertiary/aromatic N) is 4. The van der Waals surface area contributed by atoms with Crippen molar-refractivity contribution in [3.05, 3.63) is 125 Å². The zero-order chi connectivity index (χ0) is 34.6. The number of hydrazine groups is 2. The lowest BCUT2D eigenvalue weighted by Crippen LogP contribution is -2.15. The molecule has 0 saturated carbocycles. The number of carbonyl (C=O) groups is 1. The number of pyridine rings is 1. The minimum absolute atomic E-state index is 0.0544. The Bertz CT molecular complexity index is 2870. The van der Waals surface area contributed by atoms with E-state index < -0.39 is 5.91 Å². The Hall–Kier alpha value is -7.61. The molecule has 14 heteroatoms. The number of amides is 1. The number of benzene rings is 6. The van der Waals surface area contributed by atoms with Crippen molar-refractivity contribution in [2.45, 2.75) is 0 Å². The molecule has 0 spiro atoms. The van der Waals surface area contributed by atoms with Gasteiger partial charge in [-0.05, 0) is 47.9 Å². The Kier molecular flexibility index (Phi) is 6.67. The minimum atomic E-state index is -0.493. The molecule has 0 atom stereocenters. The lowest BCUT2D eigenvalue weighted by molar-refractivity contribution is 0.102. The first-order chi connectivity index (χ1) is 24.9. The second-order valence-electron chi connectivity index (χ2n) is 11.7. The molecule has 3 heterocycles. The summed E-state index contributed by atoms with van der Waals surface area (Å²) in [6.07, 6.45) is 0. The van der Waals surface area contributed by atoms with Crippen molar-refractivity contribution in [2.75, 3.05) is 27.0 Å². The molecule has 9 rings (SSSR count). The number of imidazole rings is 1. The lowest BCUT2D eigenvalue weighted by Gasteiger charge is -2.15. The van der Waals surface area contributed by atoms with Crippen LogP contribution >= 0.6 is 0 Å². The molecular formula is C37H25N9O5. The van der Waals surface area contributed by atoms with Crippen LogP contribution in [0.2, 0.25) is 0 Å². The Morgan fingerprint density at radius 2 is 1.37 bits per heavy atom. The quantitative estimate of drug-likeness (QED) is 0.0670. The van der Waals surface area contributed by atoms with E-state index in [1.54, 1.807) is 71.1 Å². The van der Waals surface area contributed by atoms with Crippen LogP contribution in [-0.4, -0.2) is 35.7 Å². The van der Waals surface area contributed by atoms with Crippen molar-refractivity contribution < 1.29 is 19.4 Å². The van der Waals surface area contributed by atoms with E-state index in [4.69, 9.17) is 9.40 Å². The molecule has 7 N–H and O–H groups in total. The molecule has 3 aromatic heterocycles. The number of hydrogen-bond acceptors (Lipinski definition) is 12. The number of hydrogen-bond donors (Lipinski definition) is 7. The normalized spacial score (nSPS) is 11.5. The third kappa shape index (κ3) is 4.85. The first-order valence-corrected chi connectivity index (χ1v) is 15.7. The summed E-state index contributed by atoms with van der Waals surface area (Å²) in [4.78, 5) is 31.5. The molecule has 248 valence electrons. The molecule has 0 radical (unpaired) electrons. The molecule has 9 aromatic rings. The first-order valence-electron chi connectivity index (χ1n) is 15.7. The lowest BCUT2D eigenvalue weighted by atomic mass is 10.0. The first kappa shape index (κ1) is 29.5. The number of phenols is 2. The maximum Gasteiger partial charge on any atom is 0.336 e.